The van der Waals surface area contributed by atoms with Crippen molar-refractivity contribution in [3.05, 3.63) is 20.3 Å². The van der Waals surface area contributed by atoms with E-state index in [0.717, 1.165) is 21.8 Å². The summed E-state index contributed by atoms with van der Waals surface area (Å²) in [6, 6.07) is 0. The molecule has 0 aliphatic carbocycles. The Bertz CT molecular complexity index is 319. The SMILES string of the molecule is Cc1c(CCl)sc(C(=O)O)c1Cl. The number of aromatic carboxylic acids is 1. The molecule has 0 aliphatic heterocycles. The molecule has 1 aromatic heterocycles. The molecule has 1 N–H and O–H groups in total. The fraction of sp³-hybridized carbons (Fsp3) is 0.286. The summed E-state index contributed by atoms with van der Waals surface area (Å²) < 4.78 is 0. The Morgan fingerprint density at radius 1 is 1.67 bits per heavy atom. The normalized spacial score (nSPS) is 10.2. The van der Waals surface area contributed by atoms with Gasteiger partial charge in [-0.1, -0.05) is 11.6 Å². The minimum absolute atomic E-state index is 0.171. The third kappa shape index (κ3) is 1.58. The Morgan fingerprint density at radius 2 is 2.25 bits per heavy atom. The van der Waals surface area contributed by atoms with Gasteiger partial charge in [-0.3, -0.25) is 0 Å². The Morgan fingerprint density at radius 3 is 2.50 bits per heavy atom. The first kappa shape index (κ1) is 9.84. The number of halogens is 2. The van der Waals surface area contributed by atoms with E-state index in [0.29, 0.717) is 10.9 Å². The van der Waals surface area contributed by atoms with Crippen LogP contribution in [0.3, 0.4) is 0 Å². The highest BCUT2D eigenvalue weighted by atomic mass is 35.5. The molecule has 1 rings (SSSR count). The zero-order valence-electron chi connectivity index (χ0n) is 6.23. The van der Waals surface area contributed by atoms with Crippen LogP contribution in [0.25, 0.3) is 0 Å². The van der Waals surface area contributed by atoms with Gasteiger partial charge in [-0.2, -0.15) is 0 Å². The Kier molecular flexibility index (Phi) is 2.99. The van der Waals surface area contributed by atoms with Gasteiger partial charge in [0.1, 0.15) is 4.88 Å². The standard InChI is InChI=1S/C7H6Cl2O2S/c1-3-4(2-8)12-6(5(3)9)7(10)11/h2H2,1H3,(H,10,11). The maximum absolute atomic E-state index is 10.6. The molecule has 12 heavy (non-hydrogen) atoms. The minimum atomic E-state index is -0.996. The van der Waals surface area contributed by atoms with E-state index in [1.54, 1.807) is 6.92 Å². The third-order valence-electron chi connectivity index (χ3n) is 1.49. The van der Waals surface area contributed by atoms with Crippen LogP contribution in [0.15, 0.2) is 0 Å². The van der Waals surface area contributed by atoms with Crippen LogP contribution < -0.4 is 0 Å². The fourth-order valence-electron chi connectivity index (χ4n) is 0.802. The van der Waals surface area contributed by atoms with Crippen molar-refractivity contribution in [1.29, 1.82) is 0 Å². The average molecular weight is 225 g/mol. The maximum atomic E-state index is 10.6. The Labute approximate surface area is 83.7 Å². The summed E-state index contributed by atoms with van der Waals surface area (Å²) in [6.07, 6.45) is 0. The number of alkyl halides is 1. The maximum Gasteiger partial charge on any atom is 0.347 e. The molecule has 0 saturated carbocycles. The van der Waals surface area contributed by atoms with Gasteiger partial charge in [0.2, 0.25) is 0 Å². The number of thiophene rings is 1. The van der Waals surface area contributed by atoms with E-state index in [9.17, 15) is 4.79 Å². The van der Waals surface area contributed by atoms with Gasteiger partial charge < -0.3 is 5.11 Å². The average Bonchev–Trinajstić information content (AvgIpc) is 2.30. The van der Waals surface area contributed by atoms with E-state index >= 15 is 0 Å². The van der Waals surface area contributed by atoms with Crippen LogP contribution in [0.5, 0.6) is 0 Å². The monoisotopic (exact) mass is 224 g/mol. The lowest BCUT2D eigenvalue weighted by Gasteiger charge is -1.89. The highest BCUT2D eigenvalue weighted by molar-refractivity contribution is 7.15. The molecule has 0 radical (unpaired) electrons. The van der Waals surface area contributed by atoms with Gasteiger partial charge in [0, 0.05) is 4.88 Å². The van der Waals surface area contributed by atoms with Crippen molar-refractivity contribution in [1.82, 2.24) is 0 Å². The molecular formula is C7H6Cl2O2S. The molecule has 0 saturated heterocycles. The second-order valence-electron chi connectivity index (χ2n) is 2.23. The van der Waals surface area contributed by atoms with Gasteiger partial charge in [-0.25, -0.2) is 4.79 Å². The van der Waals surface area contributed by atoms with E-state index in [1.807, 2.05) is 0 Å². The summed E-state index contributed by atoms with van der Waals surface area (Å²) in [6.45, 7) is 1.77. The lowest BCUT2D eigenvalue weighted by molar-refractivity contribution is 0.0702. The largest absolute Gasteiger partial charge is 0.477 e. The van der Waals surface area contributed by atoms with Crippen molar-refractivity contribution in [2.45, 2.75) is 12.8 Å². The van der Waals surface area contributed by atoms with Gasteiger partial charge in [-0.15, -0.1) is 22.9 Å². The smallest absolute Gasteiger partial charge is 0.347 e. The number of carboxylic acids is 1. The third-order valence-corrected chi connectivity index (χ3v) is 3.78. The predicted molar refractivity (Wildman–Crippen MR) is 50.6 cm³/mol. The molecule has 0 aliphatic rings. The van der Waals surface area contributed by atoms with Gasteiger partial charge in [0.25, 0.3) is 0 Å². The number of carboxylic acid groups (broad SMARTS) is 1. The quantitative estimate of drug-likeness (QED) is 0.785. The second kappa shape index (κ2) is 3.64. The lowest BCUT2D eigenvalue weighted by Crippen LogP contribution is -1.91. The molecule has 0 fully saturated rings. The highest BCUT2D eigenvalue weighted by Crippen LogP contribution is 2.33. The van der Waals surface area contributed by atoms with Gasteiger partial charge in [-0.05, 0) is 12.5 Å². The van der Waals surface area contributed by atoms with Crippen LogP contribution in [0, 0.1) is 6.92 Å². The van der Waals surface area contributed by atoms with Crippen LogP contribution in [0.2, 0.25) is 5.02 Å². The van der Waals surface area contributed by atoms with Crippen molar-refractivity contribution in [3.8, 4) is 0 Å². The van der Waals surface area contributed by atoms with E-state index in [-0.39, 0.29) is 4.88 Å². The number of hydrogen-bond donors (Lipinski definition) is 1. The molecule has 2 nitrogen and oxygen atoms in total. The first-order valence-corrected chi connectivity index (χ1v) is 4.87. The molecule has 66 valence electrons. The fourth-order valence-corrected chi connectivity index (χ4v) is 2.42. The molecule has 0 aromatic carbocycles. The zero-order valence-corrected chi connectivity index (χ0v) is 8.56. The number of carbonyl (C=O) groups is 1. The summed E-state index contributed by atoms with van der Waals surface area (Å²) in [5.74, 6) is -0.687. The van der Waals surface area contributed by atoms with Crippen LogP contribution in [-0.4, -0.2) is 11.1 Å². The Hall–Kier alpha value is -0.250. The van der Waals surface area contributed by atoms with Crippen molar-refractivity contribution in [2.24, 2.45) is 0 Å². The lowest BCUT2D eigenvalue weighted by atomic mass is 10.3. The van der Waals surface area contributed by atoms with Crippen molar-refractivity contribution in [3.63, 3.8) is 0 Å². The van der Waals surface area contributed by atoms with Crippen LogP contribution >= 0.6 is 34.5 Å². The van der Waals surface area contributed by atoms with E-state index in [1.165, 1.54) is 0 Å². The van der Waals surface area contributed by atoms with Crippen LogP contribution in [-0.2, 0) is 5.88 Å². The van der Waals surface area contributed by atoms with E-state index < -0.39 is 5.97 Å². The summed E-state index contributed by atoms with van der Waals surface area (Å²) in [5.41, 5.74) is 0.772. The van der Waals surface area contributed by atoms with Gasteiger partial charge in [0.15, 0.2) is 0 Å². The first-order valence-electron chi connectivity index (χ1n) is 3.15. The van der Waals surface area contributed by atoms with Gasteiger partial charge >= 0.3 is 5.97 Å². The number of hydrogen-bond acceptors (Lipinski definition) is 2. The van der Waals surface area contributed by atoms with E-state index in [2.05, 4.69) is 0 Å². The number of rotatable bonds is 2. The minimum Gasteiger partial charge on any atom is -0.477 e. The van der Waals surface area contributed by atoms with Crippen LogP contribution in [0.4, 0.5) is 0 Å². The summed E-state index contributed by atoms with van der Waals surface area (Å²) in [5, 5.41) is 8.99. The molecule has 0 spiro atoms. The molecule has 5 heteroatoms. The molecule has 0 amide bonds. The molecule has 1 aromatic rings. The van der Waals surface area contributed by atoms with Crippen molar-refractivity contribution >= 4 is 40.5 Å². The second-order valence-corrected chi connectivity index (χ2v) is 3.98. The van der Waals surface area contributed by atoms with Gasteiger partial charge in [0.05, 0.1) is 10.9 Å². The molecular weight excluding hydrogens is 219 g/mol. The zero-order chi connectivity index (χ0) is 9.30. The topological polar surface area (TPSA) is 37.3 Å². The first-order chi connectivity index (χ1) is 5.57. The molecule has 0 bridgehead atoms. The molecule has 0 atom stereocenters. The van der Waals surface area contributed by atoms with E-state index in [4.69, 9.17) is 28.3 Å². The predicted octanol–water partition coefficient (Wildman–Crippen LogP) is 3.15. The van der Waals surface area contributed by atoms with Crippen LogP contribution in [0.1, 0.15) is 20.1 Å². The summed E-state index contributed by atoms with van der Waals surface area (Å²) in [4.78, 5) is 11.6. The Balaban J connectivity index is 3.25. The highest BCUT2D eigenvalue weighted by Gasteiger charge is 2.17. The molecule has 0 unspecified atom stereocenters. The van der Waals surface area contributed by atoms with Crippen molar-refractivity contribution < 1.29 is 9.90 Å². The molecule has 1 heterocycles. The summed E-state index contributed by atoms with van der Waals surface area (Å²) >= 11 is 12.5. The van der Waals surface area contributed by atoms with Crippen molar-refractivity contribution in [2.75, 3.05) is 0 Å². The summed E-state index contributed by atoms with van der Waals surface area (Å²) in [7, 11) is 0.